The van der Waals surface area contributed by atoms with E-state index in [1.807, 2.05) is 47.8 Å². The van der Waals surface area contributed by atoms with Gasteiger partial charge in [0.15, 0.2) is 12.2 Å². The number of carbonyl (C=O) groups is 4. The smallest absolute Gasteiger partial charge is 0.347 e. The van der Waals surface area contributed by atoms with Crippen LogP contribution >= 0.6 is 23.5 Å². The molecular weight excluding hydrogens is 925 g/mol. The predicted octanol–water partition coefficient (Wildman–Crippen LogP) is 17.3. The van der Waals surface area contributed by atoms with Crippen molar-refractivity contribution in [2.24, 2.45) is 0 Å². The van der Waals surface area contributed by atoms with E-state index in [9.17, 15) is 19.2 Å². The first kappa shape index (κ1) is 60.8. The molecule has 10 heteroatoms. The van der Waals surface area contributed by atoms with Crippen LogP contribution in [0, 0.1) is 0 Å². The van der Waals surface area contributed by atoms with Crippen molar-refractivity contribution in [3.63, 3.8) is 0 Å². The Balaban J connectivity index is 0.000000375. The van der Waals surface area contributed by atoms with Gasteiger partial charge in [-0.05, 0) is 122 Å². The van der Waals surface area contributed by atoms with E-state index in [4.69, 9.17) is 18.9 Å². The Kier molecular flexibility index (Phi) is 32.6. The van der Waals surface area contributed by atoms with Gasteiger partial charge in [-0.25, -0.2) is 19.2 Å². The summed E-state index contributed by atoms with van der Waals surface area (Å²) in [6, 6.07) is 31.7. The first-order valence-electron chi connectivity index (χ1n) is 27.0. The molecule has 8 nitrogen and oxygen atoms in total. The van der Waals surface area contributed by atoms with E-state index < -0.39 is 36.1 Å². The van der Waals surface area contributed by atoms with E-state index in [-0.39, 0.29) is 0 Å². The molecule has 4 aromatic carbocycles. The van der Waals surface area contributed by atoms with E-state index in [1.54, 1.807) is 38.1 Å². The van der Waals surface area contributed by atoms with Crippen LogP contribution in [0.15, 0.2) is 107 Å². The second kappa shape index (κ2) is 38.1. The Morgan fingerprint density at radius 1 is 0.366 bits per heavy atom. The molecule has 390 valence electrons. The minimum Gasteiger partial charge on any atom is -0.463 e. The summed E-state index contributed by atoms with van der Waals surface area (Å²) < 4.78 is 21.2. The highest BCUT2D eigenvalue weighted by atomic mass is 32.2. The van der Waals surface area contributed by atoms with Crippen molar-refractivity contribution < 1.29 is 38.1 Å². The molecule has 0 fully saturated rings. The highest BCUT2D eigenvalue weighted by Gasteiger charge is 2.22. The highest BCUT2D eigenvalue weighted by Crippen LogP contribution is 2.27. The molecule has 0 heterocycles. The van der Waals surface area contributed by atoms with E-state index in [1.165, 1.54) is 106 Å². The summed E-state index contributed by atoms with van der Waals surface area (Å²) in [5.74, 6) is 0.289. The van der Waals surface area contributed by atoms with Crippen molar-refractivity contribution in [3.8, 4) is 22.3 Å². The van der Waals surface area contributed by atoms with E-state index in [0.717, 1.165) is 72.3 Å². The second-order valence-electron chi connectivity index (χ2n) is 18.3. The fourth-order valence-electron chi connectivity index (χ4n) is 7.60. The first-order valence-corrected chi connectivity index (χ1v) is 29.0. The Labute approximate surface area is 436 Å². The number of rotatable bonds is 35. The number of hydrogen-bond acceptors (Lipinski definition) is 10. The summed E-state index contributed by atoms with van der Waals surface area (Å²) >= 11 is 3.81. The lowest BCUT2D eigenvalue weighted by Crippen LogP contribution is -2.26. The van der Waals surface area contributed by atoms with Gasteiger partial charge in [-0.2, -0.15) is 0 Å². The van der Waals surface area contributed by atoms with Crippen LogP contribution in [0.2, 0.25) is 0 Å². The van der Waals surface area contributed by atoms with Crippen LogP contribution in [0.25, 0.3) is 22.3 Å². The third-order valence-corrected chi connectivity index (χ3v) is 14.3. The van der Waals surface area contributed by atoms with Crippen LogP contribution < -0.4 is 0 Å². The number of thioether (sulfide) groups is 2. The molecule has 71 heavy (non-hydrogen) atoms. The Hall–Kier alpha value is -4.54. The molecule has 4 aromatic rings. The molecule has 0 bridgehead atoms. The molecule has 0 saturated heterocycles. The topological polar surface area (TPSA) is 105 Å². The van der Waals surface area contributed by atoms with Gasteiger partial charge < -0.3 is 18.9 Å². The molecule has 2 atom stereocenters. The molecule has 4 rings (SSSR count). The zero-order valence-corrected chi connectivity index (χ0v) is 45.8. The van der Waals surface area contributed by atoms with Crippen LogP contribution in [0.4, 0.5) is 0 Å². The maximum atomic E-state index is 12.5. The van der Waals surface area contributed by atoms with Gasteiger partial charge in [0.05, 0.1) is 24.3 Å². The van der Waals surface area contributed by atoms with Crippen LogP contribution in [0.1, 0.15) is 197 Å². The Morgan fingerprint density at radius 3 is 0.958 bits per heavy atom. The maximum absolute atomic E-state index is 12.5. The van der Waals surface area contributed by atoms with Gasteiger partial charge in [-0.3, -0.25) is 0 Å². The minimum atomic E-state index is -0.922. The van der Waals surface area contributed by atoms with Crippen molar-refractivity contribution in [2.75, 3.05) is 24.7 Å². The number of esters is 4. The monoisotopic (exact) mass is 1010 g/mol. The zero-order chi connectivity index (χ0) is 51.3. The summed E-state index contributed by atoms with van der Waals surface area (Å²) in [6.45, 7) is 12.7. The van der Waals surface area contributed by atoms with Gasteiger partial charge in [-0.15, -0.1) is 23.5 Å². The maximum Gasteiger partial charge on any atom is 0.347 e. The molecule has 0 aromatic heterocycles. The number of unbranched alkanes of at least 4 members (excludes halogenated alkanes) is 17. The molecule has 0 aliphatic rings. The van der Waals surface area contributed by atoms with E-state index in [2.05, 4.69) is 76.2 Å². The minimum absolute atomic E-state index is 0.373. The van der Waals surface area contributed by atoms with Crippen molar-refractivity contribution in [1.29, 1.82) is 0 Å². The van der Waals surface area contributed by atoms with Gasteiger partial charge in [0.2, 0.25) is 0 Å². The van der Waals surface area contributed by atoms with E-state index >= 15 is 0 Å². The summed E-state index contributed by atoms with van der Waals surface area (Å²) in [7, 11) is 0. The first-order chi connectivity index (χ1) is 34.6. The van der Waals surface area contributed by atoms with Crippen LogP contribution in [0.5, 0.6) is 0 Å². The van der Waals surface area contributed by atoms with Gasteiger partial charge in [-0.1, -0.05) is 185 Å². The molecule has 0 aliphatic carbocycles. The zero-order valence-electron chi connectivity index (χ0n) is 44.2. The quantitative estimate of drug-likeness (QED) is 0.0191. The molecule has 0 saturated carbocycles. The molecular formula is C61H86O8S2. The van der Waals surface area contributed by atoms with Gasteiger partial charge in [0, 0.05) is 9.79 Å². The normalized spacial score (nSPS) is 11.7. The highest BCUT2D eigenvalue weighted by molar-refractivity contribution is 7.99. The number of benzene rings is 4. The van der Waals surface area contributed by atoms with Gasteiger partial charge >= 0.3 is 23.9 Å². The molecule has 0 N–H and O–H groups in total. The molecule has 0 unspecified atom stereocenters. The third-order valence-electron chi connectivity index (χ3n) is 12.1. The largest absolute Gasteiger partial charge is 0.463 e. The van der Waals surface area contributed by atoms with Crippen LogP contribution in [0.3, 0.4) is 0 Å². The van der Waals surface area contributed by atoms with Crippen molar-refractivity contribution in [1.82, 2.24) is 0 Å². The molecule has 0 radical (unpaired) electrons. The third kappa shape index (κ3) is 26.1. The van der Waals surface area contributed by atoms with Crippen molar-refractivity contribution in [2.45, 2.75) is 198 Å². The lowest BCUT2D eigenvalue weighted by atomic mass is 10.0. The Bertz CT molecular complexity index is 2030. The van der Waals surface area contributed by atoms with Crippen LogP contribution in [-0.4, -0.2) is 60.8 Å². The average Bonchev–Trinajstić information content (AvgIpc) is 3.39. The molecule has 0 spiro atoms. The molecule has 0 aliphatic heterocycles. The standard InChI is InChI=1S/C31H44O4S.C30H42O4S/c1-4-6-8-10-11-13-23-34-30(32)25(3)35-31(33)28-17-15-26(16-18-28)27-19-21-29(22-20-27)36-24-14-12-9-7-5-2;1-4-6-8-10-11-12-22-33-29(31)24(3)34-30(32)27-16-14-25(15-17-27)26-18-20-28(21-19-26)35-23-13-9-7-5-2/h15-22,25H,4-14,23-24H2,1-3H3;14-21,24H,4-13,22-23H2,1-3H3/t25-;24-/m00/s1. The fourth-order valence-corrected chi connectivity index (χ4v) is 9.42. The summed E-state index contributed by atoms with van der Waals surface area (Å²) in [4.78, 5) is 51.8. The number of hydrogen-bond donors (Lipinski definition) is 0. The molecule has 0 amide bonds. The summed E-state index contributed by atoms with van der Waals surface area (Å²) in [6.07, 6.45) is 23.3. The summed E-state index contributed by atoms with van der Waals surface area (Å²) in [5, 5.41) is 0. The number of carbonyl (C=O) groups excluding carboxylic acids is 4. The van der Waals surface area contributed by atoms with Gasteiger partial charge in [0.1, 0.15) is 0 Å². The van der Waals surface area contributed by atoms with Crippen molar-refractivity contribution in [3.05, 3.63) is 108 Å². The average molecular weight is 1010 g/mol. The summed E-state index contributed by atoms with van der Waals surface area (Å²) in [5.41, 5.74) is 5.12. The second-order valence-corrected chi connectivity index (χ2v) is 20.7. The lowest BCUT2D eigenvalue weighted by molar-refractivity contribution is -0.153. The van der Waals surface area contributed by atoms with Crippen molar-refractivity contribution >= 4 is 47.4 Å². The Morgan fingerprint density at radius 2 is 0.634 bits per heavy atom. The lowest BCUT2D eigenvalue weighted by Gasteiger charge is -2.13. The predicted molar refractivity (Wildman–Crippen MR) is 297 cm³/mol. The van der Waals surface area contributed by atoms with Gasteiger partial charge in [0.25, 0.3) is 0 Å². The van der Waals surface area contributed by atoms with E-state index in [0.29, 0.717) is 24.3 Å². The van der Waals surface area contributed by atoms with Crippen LogP contribution in [-0.2, 0) is 28.5 Å². The fraction of sp³-hybridized carbons (Fsp3) is 0.541. The number of ether oxygens (including phenoxy) is 4. The SMILES string of the molecule is CCCCCCCCOC(=O)[C@H](C)OC(=O)c1ccc(-c2ccc(SCCCCCC)cc2)cc1.CCCCCCCCOC(=O)[C@H](C)OC(=O)c1ccc(-c2ccc(SCCCCCCC)cc2)cc1.